The lowest BCUT2D eigenvalue weighted by molar-refractivity contribution is -0.129. The highest BCUT2D eigenvalue weighted by atomic mass is 16.5. The van der Waals surface area contributed by atoms with Crippen LogP contribution in [0.25, 0.3) is 17.0 Å². The highest BCUT2D eigenvalue weighted by molar-refractivity contribution is 5.97. The van der Waals surface area contributed by atoms with Crippen molar-refractivity contribution < 1.29 is 14.3 Å². The molecule has 0 bridgehead atoms. The third kappa shape index (κ3) is 3.64. The zero-order chi connectivity index (χ0) is 19.6. The lowest BCUT2D eigenvalue weighted by atomic mass is 9.82. The molecule has 1 fully saturated rings. The molecule has 0 radical (unpaired) electrons. The zero-order valence-electron chi connectivity index (χ0n) is 16.5. The Morgan fingerprint density at radius 2 is 1.96 bits per heavy atom. The number of esters is 1. The van der Waals surface area contributed by atoms with E-state index in [1.54, 1.807) is 19.0 Å². The minimum absolute atomic E-state index is 0.00802. The maximum atomic E-state index is 12.5. The molecule has 0 N–H and O–H groups in total. The number of ether oxygens (including phenoxy) is 1. The van der Waals surface area contributed by atoms with Gasteiger partial charge in [0.15, 0.2) is 0 Å². The fourth-order valence-corrected chi connectivity index (χ4v) is 4.13. The highest BCUT2D eigenvalue weighted by Crippen LogP contribution is 2.40. The van der Waals surface area contributed by atoms with E-state index in [2.05, 4.69) is 6.58 Å². The van der Waals surface area contributed by atoms with Crippen molar-refractivity contribution in [1.29, 1.82) is 0 Å². The standard InChI is InChI=1S/C22H28N2O3/c1-5-18-21(15-9-7-6-8-10-15)17-12-11-16(22(26)27-4)13-19(17)24(18)14-20(25)23(2)3/h5,11-13,15H,1,6-10,14H2,2-4H3. The highest BCUT2D eigenvalue weighted by Gasteiger charge is 2.26. The quantitative estimate of drug-likeness (QED) is 0.743. The Morgan fingerprint density at radius 1 is 1.26 bits per heavy atom. The number of amides is 1. The van der Waals surface area contributed by atoms with E-state index in [0.29, 0.717) is 11.5 Å². The number of aromatic nitrogens is 1. The van der Waals surface area contributed by atoms with E-state index >= 15 is 0 Å². The van der Waals surface area contributed by atoms with Crippen molar-refractivity contribution >= 4 is 28.9 Å². The van der Waals surface area contributed by atoms with Gasteiger partial charge in [0.2, 0.25) is 5.91 Å². The van der Waals surface area contributed by atoms with Gasteiger partial charge in [0.05, 0.1) is 18.2 Å². The molecule has 1 aromatic carbocycles. The number of hydrogen-bond acceptors (Lipinski definition) is 3. The molecule has 2 aromatic rings. The molecule has 1 aromatic heterocycles. The summed E-state index contributed by atoms with van der Waals surface area (Å²) in [5.41, 5.74) is 3.65. The van der Waals surface area contributed by atoms with Crippen LogP contribution in [0.3, 0.4) is 0 Å². The Balaban J connectivity index is 2.22. The molecule has 1 heterocycles. The van der Waals surface area contributed by atoms with E-state index in [9.17, 15) is 9.59 Å². The molecule has 5 nitrogen and oxygen atoms in total. The number of carbonyl (C=O) groups is 2. The number of fused-ring (bicyclic) bond motifs is 1. The number of rotatable bonds is 5. The van der Waals surface area contributed by atoms with Crippen molar-refractivity contribution in [2.75, 3.05) is 21.2 Å². The average Bonchev–Trinajstić information content (AvgIpc) is 3.00. The van der Waals surface area contributed by atoms with Crippen molar-refractivity contribution in [3.63, 3.8) is 0 Å². The van der Waals surface area contributed by atoms with Gasteiger partial charge in [-0.3, -0.25) is 4.79 Å². The first-order valence-electron chi connectivity index (χ1n) is 9.55. The Bertz CT molecular complexity index is 873. The van der Waals surface area contributed by atoms with Gasteiger partial charge in [0.1, 0.15) is 6.54 Å². The lowest BCUT2D eigenvalue weighted by Crippen LogP contribution is -2.26. The summed E-state index contributed by atoms with van der Waals surface area (Å²) in [5, 5.41) is 1.11. The molecule has 0 spiro atoms. The van der Waals surface area contributed by atoms with E-state index in [4.69, 9.17) is 4.74 Å². The summed E-state index contributed by atoms with van der Waals surface area (Å²) >= 11 is 0. The van der Waals surface area contributed by atoms with Gasteiger partial charge in [0, 0.05) is 25.2 Å². The molecular weight excluding hydrogens is 340 g/mol. The zero-order valence-corrected chi connectivity index (χ0v) is 16.5. The Morgan fingerprint density at radius 3 is 2.56 bits per heavy atom. The van der Waals surface area contributed by atoms with Crippen LogP contribution in [0.15, 0.2) is 24.8 Å². The largest absolute Gasteiger partial charge is 0.465 e. The number of likely N-dealkylation sites (N-methyl/N-ethyl adjacent to an activating group) is 1. The number of hydrogen-bond donors (Lipinski definition) is 0. The minimum atomic E-state index is -0.372. The second-order valence-electron chi connectivity index (χ2n) is 7.44. The average molecular weight is 368 g/mol. The van der Waals surface area contributed by atoms with E-state index in [-0.39, 0.29) is 18.4 Å². The lowest BCUT2D eigenvalue weighted by Gasteiger charge is -2.23. The maximum Gasteiger partial charge on any atom is 0.337 e. The summed E-state index contributed by atoms with van der Waals surface area (Å²) in [6.07, 6.45) is 7.89. The van der Waals surface area contributed by atoms with E-state index < -0.39 is 0 Å². The van der Waals surface area contributed by atoms with Crippen LogP contribution in [0.1, 0.15) is 59.6 Å². The molecule has 0 unspecified atom stereocenters. The number of benzene rings is 1. The van der Waals surface area contributed by atoms with Crippen LogP contribution in [0.5, 0.6) is 0 Å². The van der Waals surface area contributed by atoms with Gasteiger partial charge in [-0.1, -0.05) is 31.9 Å². The molecule has 1 amide bonds. The van der Waals surface area contributed by atoms with Crippen molar-refractivity contribution in [3.05, 3.63) is 41.6 Å². The molecule has 0 saturated heterocycles. The van der Waals surface area contributed by atoms with Gasteiger partial charge in [-0.15, -0.1) is 0 Å². The van der Waals surface area contributed by atoms with Crippen LogP contribution in [0.2, 0.25) is 0 Å². The van der Waals surface area contributed by atoms with E-state index in [0.717, 1.165) is 29.4 Å². The summed E-state index contributed by atoms with van der Waals surface area (Å²) in [4.78, 5) is 26.1. The SMILES string of the molecule is C=Cc1c(C2CCCCC2)c2ccc(C(=O)OC)cc2n1CC(=O)N(C)C. The topological polar surface area (TPSA) is 51.5 Å². The third-order valence-corrected chi connectivity index (χ3v) is 5.57. The van der Waals surface area contributed by atoms with E-state index in [1.165, 1.54) is 31.9 Å². The molecule has 144 valence electrons. The molecule has 5 heteroatoms. The molecule has 0 aliphatic heterocycles. The Labute approximate surface area is 160 Å². The second-order valence-corrected chi connectivity index (χ2v) is 7.44. The fraction of sp³-hybridized carbons (Fsp3) is 0.455. The third-order valence-electron chi connectivity index (χ3n) is 5.57. The van der Waals surface area contributed by atoms with Crippen LogP contribution in [-0.2, 0) is 16.1 Å². The first-order chi connectivity index (χ1) is 13.0. The molecular formula is C22H28N2O3. The first kappa shape index (κ1) is 19.2. The van der Waals surface area contributed by atoms with Gasteiger partial charge < -0.3 is 14.2 Å². The van der Waals surface area contributed by atoms with E-state index in [1.807, 2.05) is 28.8 Å². The van der Waals surface area contributed by atoms with Crippen molar-refractivity contribution in [2.45, 2.75) is 44.6 Å². The van der Waals surface area contributed by atoms with Crippen LogP contribution in [0.4, 0.5) is 0 Å². The smallest absolute Gasteiger partial charge is 0.337 e. The second kappa shape index (κ2) is 7.99. The van der Waals surface area contributed by atoms with Crippen molar-refractivity contribution in [3.8, 4) is 0 Å². The first-order valence-corrected chi connectivity index (χ1v) is 9.55. The predicted octanol–water partition coefficient (Wildman–Crippen LogP) is 4.21. The minimum Gasteiger partial charge on any atom is -0.465 e. The van der Waals surface area contributed by atoms with Crippen molar-refractivity contribution in [2.24, 2.45) is 0 Å². The van der Waals surface area contributed by atoms with Gasteiger partial charge >= 0.3 is 5.97 Å². The summed E-state index contributed by atoms with van der Waals surface area (Å²) in [5.74, 6) is 0.102. The molecule has 27 heavy (non-hydrogen) atoms. The van der Waals surface area contributed by atoms with Crippen LogP contribution < -0.4 is 0 Å². The number of methoxy groups -OCH3 is 1. The summed E-state index contributed by atoms with van der Waals surface area (Å²) < 4.78 is 6.88. The Hall–Kier alpha value is -2.56. The molecule has 1 saturated carbocycles. The van der Waals surface area contributed by atoms with Crippen molar-refractivity contribution in [1.82, 2.24) is 9.47 Å². The van der Waals surface area contributed by atoms with Crippen LogP contribution >= 0.6 is 0 Å². The van der Waals surface area contributed by atoms with Crippen LogP contribution in [-0.4, -0.2) is 42.5 Å². The van der Waals surface area contributed by atoms with Gasteiger partial charge in [-0.25, -0.2) is 4.79 Å². The molecule has 0 atom stereocenters. The van der Waals surface area contributed by atoms with Gasteiger partial charge in [-0.05, 0) is 42.5 Å². The number of carbonyl (C=O) groups excluding carboxylic acids is 2. The van der Waals surface area contributed by atoms with Crippen LogP contribution in [0, 0.1) is 0 Å². The Kier molecular flexibility index (Phi) is 5.68. The fourth-order valence-electron chi connectivity index (χ4n) is 4.13. The normalized spacial score (nSPS) is 14.9. The summed E-state index contributed by atoms with van der Waals surface area (Å²) in [6.45, 7) is 4.26. The monoisotopic (exact) mass is 368 g/mol. The predicted molar refractivity (Wildman–Crippen MR) is 108 cm³/mol. The van der Waals surface area contributed by atoms with Gasteiger partial charge in [-0.2, -0.15) is 0 Å². The summed E-state index contributed by atoms with van der Waals surface area (Å²) in [6, 6.07) is 5.64. The maximum absolute atomic E-state index is 12.5. The molecule has 3 rings (SSSR count). The number of nitrogens with zero attached hydrogens (tertiary/aromatic N) is 2. The molecule has 1 aliphatic rings. The molecule has 1 aliphatic carbocycles. The van der Waals surface area contributed by atoms with Gasteiger partial charge in [0.25, 0.3) is 0 Å². The summed E-state index contributed by atoms with van der Waals surface area (Å²) in [7, 11) is 4.89.